The highest BCUT2D eigenvalue weighted by atomic mass is 19.1. The monoisotopic (exact) mass is 457 g/mol. The molecule has 9 nitrogen and oxygen atoms in total. The number of nitrogens with zero attached hydrogens (tertiary/aromatic N) is 6. The van der Waals surface area contributed by atoms with E-state index in [0.29, 0.717) is 35.7 Å². The van der Waals surface area contributed by atoms with Crippen LogP contribution in [0.2, 0.25) is 0 Å². The topological polar surface area (TPSA) is 101 Å². The van der Waals surface area contributed by atoms with Crippen molar-refractivity contribution in [3.63, 3.8) is 0 Å². The number of hydrogen-bond acceptors (Lipinski definition) is 6. The molecular formula is C23H32FN7O2. The SMILES string of the molecule is CCC(C)(F)C1CCCN(c2nn(CC(C)(C)O)cc2NC(=O)c2cnn3cccnc23)C1. The number of fused-ring (bicyclic) bond motifs is 1. The van der Waals surface area contributed by atoms with Crippen molar-refractivity contribution in [1.29, 1.82) is 0 Å². The fourth-order valence-corrected chi connectivity index (χ4v) is 4.34. The van der Waals surface area contributed by atoms with Crippen molar-refractivity contribution in [2.45, 2.75) is 64.8 Å². The van der Waals surface area contributed by atoms with Crippen molar-refractivity contribution in [3.05, 3.63) is 36.4 Å². The maximum Gasteiger partial charge on any atom is 0.261 e. The molecular weight excluding hydrogens is 425 g/mol. The Labute approximate surface area is 192 Å². The molecule has 0 aromatic carbocycles. The smallest absolute Gasteiger partial charge is 0.261 e. The average molecular weight is 458 g/mol. The molecule has 1 amide bonds. The highest BCUT2D eigenvalue weighted by Crippen LogP contribution is 2.36. The number of piperidine rings is 1. The number of aromatic nitrogens is 5. The van der Waals surface area contributed by atoms with Gasteiger partial charge in [0.1, 0.15) is 16.9 Å². The lowest BCUT2D eigenvalue weighted by Gasteiger charge is -2.39. The van der Waals surface area contributed by atoms with Crippen molar-refractivity contribution in [2.75, 3.05) is 23.3 Å². The molecule has 3 aromatic heterocycles. The third-order valence-corrected chi connectivity index (χ3v) is 6.33. The van der Waals surface area contributed by atoms with E-state index < -0.39 is 11.3 Å². The molecule has 1 aliphatic heterocycles. The van der Waals surface area contributed by atoms with E-state index in [1.165, 1.54) is 10.7 Å². The number of anilines is 2. The molecule has 4 rings (SSSR count). The fraction of sp³-hybridized carbons (Fsp3) is 0.565. The predicted molar refractivity (Wildman–Crippen MR) is 124 cm³/mol. The number of amides is 1. The van der Waals surface area contributed by atoms with Gasteiger partial charge in [0.05, 0.1) is 24.5 Å². The van der Waals surface area contributed by atoms with Gasteiger partial charge in [0, 0.05) is 31.4 Å². The molecule has 4 heterocycles. The minimum atomic E-state index is -1.26. The molecule has 10 heteroatoms. The van der Waals surface area contributed by atoms with Crippen molar-refractivity contribution in [2.24, 2.45) is 5.92 Å². The third-order valence-electron chi connectivity index (χ3n) is 6.33. The summed E-state index contributed by atoms with van der Waals surface area (Å²) in [6.07, 6.45) is 8.63. The van der Waals surface area contributed by atoms with Crippen molar-refractivity contribution >= 4 is 23.1 Å². The van der Waals surface area contributed by atoms with E-state index >= 15 is 4.39 Å². The van der Waals surface area contributed by atoms with Crippen LogP contribution in [0.1, 0.15) is 57.3 Å². The molecule has 33 heavy (non-hydrogen) atoms. The zero-order valence-electron chi connectivity index (χ0n) is 19.6. The van der Waals surface area contributed by atoms with Gasteiger partial charge in [-0.25, -0.2) is 13.9 Å². The molecule has 0 bridgehead atoms. The molecule has 0 radical (unpaired) electrons. The fourth-order valence-electron chi connectivity index (χ4n) is 4.34. The van der Waals surface area contributed by atoms with E-state index in [0.717, 1.165) is 19.4 Å². The zero-order valence-corrected chi connectivity index (χ0v) is 19.6. The van der Waals surface area contributed by atoms with Gasteiger partial charge >= 0.3 is 0 Å². The largest absolute Gasteiger partial charge is 0.389 e. The Morgan fingerprint density at radius 1 is 1.36 bits per heavy atom. The van der Waals surface area contributed by atoms with E-state index in [9.17, 15) is 9.90 Å². The van der Waals surface area contributed by atoms with Gasteiger partial charge in [-0.2, -0.15) is 10.2 Å². The minimum absolute atomic E-state index is 0.122. The summed E-state index contributed by atoms with van der Waals surface area (Å²) in [5.74, 6) is 0.0990. The van der Waals surface area contributed by atoms with E-state index in [1.54, 1.807) is 50.1 Å². The van der Waals surface area contributed by atoms with E-state index in [1.807, 2.05) is 11.8 Å². The summed E-state index contributed by atoms with van der Waals surface area (Å²) in [5.41, 5.74) is -0.941. The molecule has 0 aliphatic carbocycles. The summed E-state index contributed by atoms with van der Waals surface area (Å²) in [4.78, 5) is 19.4. The Morgan fingerprint density at radius 3 is 2.88 bits per heavy atom. The number of carbonyl (C=O) groups excluding carboxylic acids is 1. The van der Waals surface area contributed by atoms with Crippen LogP contribution in [-0.2, 0) is 6.54 Å². The Bertz CT molecular complexity index is 1130. The second-order valence-electron chi connectivity index (χ2n) is 9.69. The van der Waals surface area contributed by atoms with Crippen LogP contribution in [0.3, 0.4) is 0 Å². The van der Waals surface area contributed by atoms with Gasteiger partial charge in [0.15, 0.2) is 11.5 Å². The molecule has 2 unspecified atom stereocenters. The molecule has 3 aromatic rings. The maximum atomic E-state index is 15.1. The first-order valence-electron chi connectivity index (χ1n) is 11.4. The third kappa shape index (κ3) is 5.00. The number of nitrogens with one attached hydrogen (secondary N) is 1. The van der Waals surface area contributed by atoms with Crippen LogP contribution in [0, 0.1) is 5.92 Å². The minimum Gasteiger partial charge on any atom is -0.389 e. The number of alkyl halides is 1. The maximum absolute atomic E-state index is 15.1. The van der Waals surface area contributed by atoms with Crippen molar-refractivity contribution in [1.82, 2.24) is 24.4 Å². The molecule has 0 spiro atoms. The van der Waals surface area contributed by atoms with E-state index in [4.69, 9.17) is 0 Å². The summed E-state index contributed by atoms with van der Waals surface area (Å²) in [5, 5.41) is 22.1. The van der Waals surface area contributed by atoms with Gasteiger partial charge in [0.25, 0.3) is 5.91 Å². The average Bonchev–Trinajstić information content (AvgIpc) is 3.36. The van der Waals surface area contributed by atoms with Gasteiger partial charge in [-0.3, -0.25) is 9.48 Å². The Balaban J connectivity index is 1.64. The van der Waals surface area contributed by atoms with Crippen LogP contribution in [0.25, 0.3) is 5.65 Å². The van der Waals surface area contributed by atoms with Crippen LogP contribution < -0.4 is 10.2 Å². The van der Waals surface area contributed by atoms with Gasteiger partial charge in [-0.15, -0.1) is 0 Å². The number of aliphatic hydroxyl groups is 1. The van der Waals surface area contributed by atoms with Gasteiger partial charge in [-0.05, 0) is 46.1 Å². The first-order valence-corrected chi connectivity index (χ1v) is 11.4. The summed E-state index contributed by atoms with van der Waals surface area (Å²) in [7, 11) is 0. The lowest BCUT2D eigenvalue weighted by molar-refractivity contribution is 0.0578. The van der Waals surface area contributed by atoms with E-state index in [-0.39, 0.29) is 18.4 Å². The standard InChI is InChI=1S/C23H32FN7O2/c1-5-23(4,24)16-8-6-10-29(13-16)20-18(14-30(28-20)15-22(2,3)33)27-21(32)17-12-26-31-11-7-9-25-19(17)31/h7,9,11-12,14,16,33H,5-6,8,10,13,15H2,1-4H3,(H,27,32). The summed E-state index contributed by atoms with van der Waals surface area (Å²) in [6.45, 7) is 8.41. The molecule has 0 saturated carbocycles. The van der Waals surface area contributed by atoms with Crippen LogP contribution in [0.4, 0.5) is 15.9 Å². The van der Waals surface area contributed by atoms with Gasteiger partial charge < -0.3 is 15.3 Å². The lowest BCUT2D eigenvalue weighted by Crippen LogP contribution is -2.44. The Morgan fingerprint density at radius 2 is 2.15 bits per heavy atom. The Hall–Kier alpha value is -3.01. The first-order chi connectivity index (χ1) is 15.6. The van der Waals surface area contributed by atoms with E-state index in [2.05, 4.69) is 20.5 Å². The second-order valence-corrected chi connectivity index (χ2v) is 9.69. The molecule has 2 N–H and O–H groups in total. The highest BCUT2D eigenvalue weighted by molar-refractivity contribution is 6.09. The molecule has 1 fully saturated rings. The first kappa shape index (κ1) is 23.2. The summed E-state index contributed by atoms with van der Waals surface area (Å²) < 4.78 is 18.3. The number of hydrogen-bond donors (Lipinski definition) is 2. The molecule has 2 atom stereocenters. The molecule has 1 saturated heterocycles. The Kier molecular flexibility index (Phi) is 6.13. The number of halogens is 1. The van der Waals surface area contributed by atoms with Crippen LogP contribution in [0.15, 0.2) is 30.9 Å². The second kappa shape index (κ2) is 8.74. The number of rotatable bonds is 7. The molecule has 1 aliphatic rings. The summed E-state index contributed by atoms with van der Waals surface area (Å²) >= 11 is 0. The zero-order chi connectivity index (χ0) is 23.8. The van der Waals surface area contributed by atoms with Crippen molar-refractivity contribution in [3.8, 4) is 0 Å². The van der Waals surface area contributed by atoms with Crippen molar-refractivity contribution < 1.29 is 14.3 Å². The van der Waals surface area contributed by atoms with Gasteiger partial charge in [0.2, 0.25) is 0 Å². The molecule has 178 valence electrons. The van der Waals surface area contributed by atoms with Crippen LogP contribution in [-0.4, -0.2) is 59.8 Å². The quantitative estimate of drug-likeness (QED) is 0.565. The normalized spacial score (nSPS) is 19.0. The highest BCUT2D eigenvalue weighted by Gasteiger charge is 2.37. The predicted octanol–water partition coefficient (Wildman–Crippen LogP) is 3.30. The summed E-state index contributed by atoms with van der Waals surface area (Å²) in [6, 6.07) is 1.74. The lowest BCUT2D eigenvalue weighted by atomic mass is 9.82. The van der Waals surface area contributed by atoms with Gasteiger partial charge in [-0.1, -0.05) is 6.92 Å². The van der Waals surface area contributed by atoms with Crippen LogP contribution >= 0.6 is 0 Å². The van der Waals surface area contributed by atoms with Crippen LogP contribution in [0.5, 0.6) is 0 Å². The number of carbonyl (C=O) groups is 1.